The summed E-state index contributed by atoms with van der Waals surface area (Å²) in [5, 5.41) is 11.9. The molecule has 4 unspecified atom stereocenters. The van der Waals surface area contributed by atoms with E-state index in [9.17, 15) is 18.7 Å². The number of carbonyl (C=O) groups is 1. The Balaban J connectivity index is 1.68. The summed E-state index contributed by atoms with van der Waals surface area (Å²) in [5.74, 6) is -3.59. The summed E-state index contributed by atoms with van der Waals surface area (Å²) in [6.45, 7) is 3.34. The second-order valence-electron chi connectivity index (χ2n) is 11.6. The lowest BCUT2D eigenvalue weighted by Gasteiger charge is -2.57. The van der Waals surface area contributed by atoms with Crippen molar-refractivity contribution < 1.29 is 23.1 Å². The fourth-order valence-corrected chi connectivity index (χ4v) is 8.34. The van der Waals surface area contributed by atoms with Crippen LogP contribution in [0.4, 0.5) is 13.2 Å². The van der Waals surface area contributed by atoms with Gasteiger partial charge in [-0.05, 0) is 98.5 Å². The van der Waals surface area contributed by atoms with Crippen molar-refractivity contribution in [2.75, 3.05) is 6.26 Å². The molecule has 6 atom stereocenters. The van der Waals surface area contributed by atoms with Crippen molar-refractivity contribution in [3.63, 3.8) is 0 Å². The van der Waals surface area contributed by atoms with Crippen molar-refractivity contribution in [1.82, 2.24) is 0 Å². The van der Waals surface area contributed by atoms with Crippen LogP contribution in [0.3, 0.4) is 0 Å². The summed E-state index contributed by atoms with van der Waals surface area (Å²) < 4.78 is 45.3. The van der Waals surface area contributed by atoms with Crippen LogP contribution >= 0.6 is 11.8 Å². The number of aliphatic hydroxyl groups is 1. The van der Waals surface area contributed by atoms with Crippen molar-refractivity contribution in [1.29, 1.82) is 0 Å². The molecule has 1 aromatic rings. The predicted molar refractivity (Wildman–Crippen MR) is 134 cm³/mol. The van der Waals surface area contributed by atoms with Gasteiger partial charge < -0.3 is 5.11 Å². The van der Waals surface area contributed by atoms with Crippen LogP contribution in [0.1, 0.15) is 77.2 Å². The van der Waals surface area contributed by atoms with Gasteiger partial charge in [0, 0.05) is 29.6 Å². The Morgan fingerprint density at radius 1 is 1.06 bits per heavy atom. The molecule has 2 nitrogen and oxygen atoms in total. The van der Waals surface area contributed by atoms with Crippen molar-refractivity contribution >= 4 is 17.5 Å². The lowest BCUT2D eigenvalue weighted by molar-refractivity contribution is -0.252. The number of benzene rings is 1. The van der Waals surface area contributed by atoms with E-state index >= 15 is 4.39 Å². The van der Waals surface area contributed by atoms with E-state index in [4.69, 9.17) is 0 Å². The molecule has 0 saturated heterocycles. The third-order valence-corrected chi connectivity index (χ3v) is 10.7. The topological polar surface area (TPSA) is 37.3 Å². The van der Waals surface area contributed by atoms with Gasteiger partial charge in [-0.1, -0.05) is 24.6 Å². The lowest BCUT2D eigenvalue weighted by Crippen LogP contribution is -2.66. The third-order valence-electron chi connectivity index (χ3n) is 10.0. The Bertz CT molecular complexity index is 1100. The minimum atomic E-state index is -3.67. The molecule has 0 spiro atoms. The maximum atomic E-state index is 16.0. The van der Waals surface area contributed by atoms with E-state index < -0.39 is 22.6 Å². The molecule has 1 aromatic carbocycles. The average Bonchev–Trinajstić information content (AvgIpc) is 3.09. The quantitative estimate of drug-likeness (QED) is 0.434. The first-order valence-electron chi connectivity index (χ1n) is 12.7. The minimum Gasteiger partial charge on any atom is -0.386 e. The molecular formula is C29H35F3O2S. The van der Waals surface area contributed by atoms with Gasteiger partial charge in [-0.2, -0.15) is 0 Å². The minimum absolute atomic E-state index is 0.0308. The summed E-state index contributed by atoms with van der Waals surface area (Å²) in [7, 11) is 0. The van der Waals surface area contributed by atoms with Crippen molar-refractivity contribution in [3.8, 4) is 0 Å². The van der Waals surface area contributed by atoms with Gasteiger partial charge in [0.2, 0.25) is 0 Å². The van der Waals surface area contributed by atoms with E-state index in [0.29, 0.717) is 32.6 Å². The third kappa shape index (κ3) is 3.53. The Morgan fingerprint density at radius 2 is 1.74 bits per heavy atom. The lowest BCUT2D eigenvalue weighted by atomic mass is 9.49. The largest absolute Gasteiger partial charge is 0.386 e. The number of carbonyl (C=O) groups excluding carboxylic acids is 1. The van der Waals surface area contributed by atoms with Gasteiger partial charge in [0.1, 0.15) is 5.60 Å². The first kappa shape index (κ1) is 25.1. The molecule has 5 rings (SSSR count). The van der Waals surface area contributed by atoms with Crippen LogP contribution in [0.15, 0.2) is 52.0 Å². The fourth-order valence-electron chi connectivity index (χ4n) is 7.93. The zero-order valence-electron chi connectivity index (χ0n) is 21.0. The Morgan fingerprint density at radius 3 is 2.37 bits per heavy atom. The highest BCUT2D eigenvalue weighted by Crippen LogP contribution is 2.70. The smallest absolute Gasteiger partial charge is 0.281 e. The molecule has 0 aromatic heterocycles. The second kappa shape index (κ2) is 8.24. The maximum Gasteiger partial charge on any atom is 0.281 e. The van der Waals surface area contributed by atoms with E-state index in [2.05, 4.69) is 24.3 Å². The molecule has 0 aliphatic heterocycles. The first-order valence-corrected chi connectivity index (χ1v) is 14.0. The van der Waals surface area contributed by atoms with Crippen LogP contribution < -0.4 is 0 Å². The van der Waals surface area contributed by atoms with Crippen molar-refractivity contribution in [2.45, 2.75) is 93.7 Å². The molecule has 1 N–H and O–H groups in total. The standard InChI is InChI=1S/C29H35F3O2S/c1-26-16-23(17-5-9-20(35-4)10-6-17)25-21-12-8-19(33)15-18(21)7-11-22(25)24(26)13-14-29(26,34)27(2,30)28(3,31)32/h5-6,9-10,15,22-24,34H,7-8,11-14,16H2,1-4H3/t22?,23?,24?,26-,27?,29-/m0/s1. The Kier molecular flexibility index (Phi) is 5.92. The SMILES string of the molecule is CSc1ccc(C2C[C@@]3(C)C(CC[C@@]3(O)C(C)(F)C(C)(F)F)C3CCC4=CC(=O)CCC4=C23)cc1. The highest BCUT2D eigenvalue weighted by Gasteiger charge is 2.73. The zero-order valence-corrected chi connectivity index (χ0v) is 21.8. The normalized spacial score (nSPS) is 36.7. The van der Waals surface area contributed by atoms with Crippen LogP contribution in [0.25, 0.3) is 0 Å². The summed E-state index contributed by atoms with van der Waals surface area (Å²) in [6.07, 6.45) is 7.56. The first-order chi connectivity index (χ1) is 16.3. The fraction of sp³-hybridized carbons (Fsp3) is 0.621. The van der Waals surface area contributed by atoms with Gasteiger partial charge in [0.25, 0.3) is 5.92 Å². The van der Waals surface area contributed by atoms with Crippen LogP contribution in [0, 0.1) is 17.3 Å². The highest BCUT2D eigenvalue weighted by atomic mass is 32.2. The molecule has 0 bridgehead atoms. The van der Waals surface area contributed by atoms with E-state index in [1.165, 1.54) is 11.1 Å². The number of ketones is 1. The Labute approximate surface area is 210 Å². The molecule has 2 fully saturated rings. The summed E-state index contributed by atoms with van der Waals surface area (Å²) in [5.41, 5.74) is -1.42. The second-order valence-corrected chi connectivity index (χ2v) is 12.4. The number of thioether (sulfide) groups is 1. The van der Waals surface area contributed by atoms with Gasteiger partial charge in [-0.25, -0.2) is 13.2 Å². The molecule has 190 valence electrons. The molecule has 4 aliphatic rings. The molecule has 0 amide bonds. The van der Waals surface area contributed by atoms with E-state index in [1.807, 2.05) is 13.2 Å². The van der Waals surface area contributed by atoms with E-state index in [0.717, 1.165) is 35.8 Å². The van der Waals surface area contributed by atoms with Gasteiger partial charge in [-0.3, -0.25) is 4.79 Å². The number of hydrogen-bond donors (Lipinski definition) is 1. The molecule has 6 heteroatoms. The van der Waals surface area contributed by atoms with Gasteiger partial charge in [0.05, 0.1) is 0 Å². The van der Waals surface area contributed by atoms with Gasteiger partial charge >= 0.3 is 0 Å². The summed E-state index contributed by atoms with van der Waals surface area (Å²) in [6, 6.07) is 8.32. The van der Waals surface area contributed by atoms with E-state index in [1.54, 1.807) is 17.8 Å². The van der Waals surface area contributed by atoms with Gasteiger partial charge in [0.15, 0.2) is 11.5 Å². The Hall–Kier alpha value is -1.53. The number of halogens is 3. The summed E-state index contributed by atoms with van der Waals surface area (Å²) >= 11 is 1.65. The molecule has 4 aliphatic carbocycles. The zero-order chi connectivity index (χ0) is 25.4. The monoisotopic (exact) mass is 504 g/mol. The number of allylic oxidation sites excluding steroid dienone is 4. The number of hydrogen-bond acceptors (Lipinski definition) is 3. The van der Waals surface area contributed by atoms with Crippen LogP contribution in [0.2, 0.25) is 0 Å². The predicted octanol–water partition coefficient (Wildman–Crippen LogP) is 7.42. The van der Waals surface area contributed by atoms with Crippen molar-refractivity contribution in [2.24, 2.45) is 17.3 Å². The van der Waals surface area contributed by atoms with Gasteiger partial charge in [-0.15, -0.1) is 11.8 Å². The molecule has 0 radical (unpaired) electrons. The van der Waals surface area contributed by atoms with E-state index in [-0.39, 0.29) is 30.0 Å². The molecule has 0 heterocycles. The molecule has 35 heavy (non-hydrogen) atoms. The number of alkyl halides is 3. The average molecular weight is 505 g/mol. The molecule has 2 saturated carbocycles. The maximum absolute atomic E-state index is 16.0. The van der Waals surface area contributed by atoms with Crippen molar-refractivity contribution in [3.05, 3.63) is 52.6 Å². The highest BCUT2D eigenvalue weighted by molar-refractivity contribution is 7.98. The number of rotatable bonds is 4. The van der Waals surface area contributed by atoms with Crippen LogP contribution in [-0.2, 0) is 4.79 Å². The summed E-state index contributed by atoms with van der Waals surface area (Å²) in [4.78, 5) is 13.3. The molecular weight excluding hydrogens is 469 g/mol. The van der Waals surface area contributed by atoms with Crippen LogP contribution in [0.5, 0.6) is 0 Å². The number of fused-ring (bicyclic) bond motifs is 4. The van der Waals surface area contributed by atoms with Crippen LogP contribution in [-0.4, -0.2) is 34.3 Å².